The van der Waals surface area contributed by atoms with Crippen LogP contribution in [0.3, 0.4) is 0 Å². The lowest BCUT2D eigenvalue weighted by Gasteiger charge is -2.04. The molecule has 0 aliphatic rings. The molecule has 1 nitrogen and oxygen atoms in total. The summed E-state index contributed by atoms with van der Waals surface area (Å²) in [6.45, 7) is 6.40. The van der Waals surface area contributed by atoms with Crippen LogP contribution in [0.1, 0.15) is 168 Å². The molecule has 0 heterocycles. The lowest BCUT2D eigenvalue weighted by atomic mass is 10.0. The third-order valence-corrected chi connectivity index (χ3v) is 6.24. The zero-order valence-corrected chi connectivity index (χ0v) is 20.8. The van der Waals surface area contributed by atoms with Gasteiger partial charge in [0.1, 0.15) is 0 Å². The van der Waals surface area contributed by atoms with Gasteiger partial charge >= 0.3 is 0 Å². The van der Waals surface area contributed by atoms with Crippen LogP contribution in [0, 0.1) is 0 Å². The number of unbranched alkanes of at least 4 members (excludes halogenated alkanes) is 22. The van der Waals surface area contributed by atoms with Gasteiger partial charge in [-0.1, -0.05) is 155 Å². The van der Waals surface area contributed by atoms with Crippen LogP contribution in [0.5, 0.6) is 0 Å². The second-order valence-electron chi connectivity index (χ2n) is 9.39. The molecule has 0 bridgehead atoms. The van der Waals surface area contributed by atoms with Crippen molar-refractivity contribution in [2.24, 2.45) is 0 Å². The number of rotatable bonds is 26. The fourth-order valence-electron chi connectivity index (χ4n) is 4.24. The Hall–Kier alpha value is -0.0400. The zero-order chi connectivity index (χ0) is 21.1. The molecule has 0 aromatic rings. The molecule has 0 aliphatic heterocycles. The van der Waals surface area contributed by atoms with Crippen molar-refractivity contribution in [3.63, 3.8) is 0 Å². The molecular formula is C28H58O. The molecule has 29 heavy (non-hydrogen) atoms. The first kappa shape index (κ1) is 29.0. The van der Waals surface area contributed by atoms with Crippen LogP contribution in [0.2, 0.25) is 0 Å². The maximum absolute atomic E-state index is 5.53. The molecule has 0 fully saturated rings. The number of hydrogen-bond acceptors (Lipinski definition) is 1. The van der Waals surface area contributed by atoms with E-state index in [0.717, 1.165) is 19.6 Å². The van der Waals surface area contributed by atoms with Gasteiger partial charge in [0.25, 0.3) is 0 Å². The summed E-state index contributed by atoms with van der Waals surface area (Å²) in [6.07, 6.45) is 34.6. The van der Waals surface area contributed by atoms with E-state index in [-0.39, 0.29) is 0 Å². The van der Waals surface area contributed by atoms with Crippen LogP contribution in [-0.2, 0) is 4.74 Å². The Balaban J connectivity index is 2.97. The SMILES string of the molecule is CCCCCCCCCCCCCCCCCCCCCCCCCOCCC. The van der Waals surface area contributed by atoms with E-state index in [4.69, 9.17) is 4.74 Å². The van der Waals surface area contributed by atoms with Crippen molar-refractivity contribution in [2.75, 3.05) is 13.2 Å². The minimum Gasteiger partial charge on any atom is -0.381 e. The molecule has 0 rings (SSSR count). The van der Waals surface area contributed by atoms with Crippen LogP contribution in [-0.4, -0.2) is 13.2 Å². The molecule has 0 aromatic heterocycles. The van der Waals surface area contributed by atoms with Gasteiger partial charge in [-0.3, -0.25) is 0 Å². The van der Waals surface area contributed by atoms with Gasteiger partial charge in [-0.05, 0) is 12.8 Å². The van der Waals surface area contributed by atoms with Gasteiger partial charge in [-0.2, -0.15) is 0 Å². The first-order chi connectivity index (χ1) is 14.4. The summed E-state index contributed by atoms with van der Waals surface area (Å²) in [5.41, 5.74) is 0. The van der Waals surface area contributed by atoms with Crippen molar-refractivity contribution in [3.8, 4) is 0 Å². The average molecular weight is 411 g/mol. The normalized spacial score (nSPS) is 11.4. The third-order valence-electron chi connectivity index (χ3n) is 6.24. The quantitative estimate of drug-likeness (QED) is 0.129. The van der Waals surface area contributed by atoms with Gasteiger partial charge in [-0.25, -0.2) is 0 Å². The Morgan fingerprint density at radius 2 is 0.552 bits per heavy atom. The highest BCUT2D eigenvalue weighted by Gasteiger charge is 1.96. The molecule has 0 unspecified atom stereocenters. The maximum Gasteiger partial charge on any atom is 0.0466 e. The van der Waals surface area contributed by atoms with Gasteiger partial charge < -0.3 is 4.74 Å². The molecule has 0 amide bonds. The van der Waals surface area contributed by atoms with E-state index in [0.29, 0.717) is 0 Å². The van der Waals surface area contributed by atoms with Crippen LogP contribution in [0.15, 0.2) is 0 Å². The van der Waals surface area contributed by atoms with E-state index in [2.05, 4.69) is 13.8 Å². The minimum atomic E-state index is 0.944. The zero-order valence-electron chi connectivity index (χ0n) is 20.8. The van der Waals surface area contributed by atoms with E-state index < -0.39 is 0 Å². The molecule has 0 aliphatic carbocycles. The van der Waals surface area contributed by atoms with Crippen molar-refractivity contribution in [1.29, 1.82) is 0 Å². The lowest BCUT2D eigenvalue weighted by molar-refractivity contribution is 0.130. The predicted octanol–water partition coefficient (Wildman–Crippen LogP) is 10.4. The van der Waals surface area contributed by atoms with Crippen LogP contribution >= 0.6 is 0 Å². The Morgan fingerprint density at radius 3 is 0.828 bits per heavy atom. The monoisotopic (exact) mass is 410 g/mol. The van der Waals surface area contributed by atoms with Crippen molar-refractivity contribution >= 4 is 0 Å². The third kappa shape index (κ3) is 28.0. The van der Waals surface area contributed by atoms with Crippen LogP contribution < -0.4 is 0 Å². The summed E-state index contributed by atoms with van der Waals surface area (Å²) < 4.78 is 5.53. The molecule has 0 saturated carbocycles. The Morgan fingerprint density at radius 1 is 0.276 bits per heavy atom. The lowest BCUT2D eigenvalue weighted by Crippen LogP contribution is -1.95. The summed E-state index contributed by atoms with van der Waals surface area (Å²) in [5.74, 6) is 0. The van der Waals surface area contributed by atoms with Crippen molar-refractivity contribution < 1.29 is 4.74 Å². The van der Waals surface area contributed by atoms with Gasteiger partial charge in [-0.15, -0.1) is 0 Å². The molecule has 176 valence electrons. The topological polar surface area (TPSA) is 9.23 Å². The second-order valence-corrected chi connectivity index (χ2v) is 9.39. The number of ether oxygens (including phenoxy) is 1. The molecule has 0 aromatic carbocycles. The Labute approximate surface area is 186 Å². The summed E-state index contributed by atoms with van der Waals surface area (Å²) in [4.78, 5) is 0. The highest BCUT2D eigenvalue weighted by molar-refractivity contribution is 4.51. The van der Waals surface area contributed by atoms with Crippen molar-refractivity contribution in [3.05, 3.63) is 0 Å². The highest BCUT2D eigenvalue weighted by atomic mass is 16.5. The summed E-state index contributed by atoms with van der Waals surface area (Å²) in [7, 11) is 0. The fourth-order valence-corrected chi connectivity index (χ4v) is 4.24. The van der Waals surface area contributed by atoms with E-state index in [9.17, 15) is 0 Å². The van der Waals surface area contributed by atoms with Crippen molar-refractivity contribution in [1.82, 2.24) is 0 Å². The van der Waals surface area contributed by atoms with E-state index >= 15 is 0 Å². The predicted molar refractivity (Wildman–Crippen MR) is 133 cm³/mol. The smallest absolute Gasteiger partial charge is 0.0466 e. The first-order valence-electron chi connectivity index (χ1n) is 14.0. The Kier molecular flexibility index (Phi) is 27.9. The highest BCUT2D eigenvalue weighted by Crippen LogP contribution is 2.15. The van der Waals surface area contributed by atoms with E-state index in [1.165, 1.54) is 148 Å². The molecule has 0 spiro atoms. The molecule has 0 radical (unpaired) electrons. The molecule has 0 saturated heterocycles. The number of hydrogen-bond donors (Lipinski definition) is 0. The summed E-state index contributed by atoms with van der Waals surface area (Å²) >= 11 is 0. The molecular weight excluding hydrogens is 352 g/mol. The maximum atomic E-state index is 5.53. The fraction of sp³-hybridized carbons (Fsp3) is 1.00. The first-order valence-corrected chi connectivity index (χ1v) is 14.0. The minimum absolute atomic E-state index is 0.944. The van der Waals surface area contributed by atoms with Gasteiger partial charge in [0.15, 0.2) is 0 Å². The molecule has 0 atom stereocenters. The van der Waals surface area contributed by atoms with Crippen molar-refractivity contribution in [2.45, 2.75) is 168 Å². The largest absolute Gasteiger partial charge is 0.381 e. The second kappa shape index (κ2) is 28.0. The Bertz CT molecular complexity index is 237. The van der Waals surface area contributed by atoms with Gasteiger partial charge in [0, 0.05) is 13.2 Å². The summed E-state index contributed by atoms with van der Waals surface area (Å²) in [6, 6.07) is 0. The van der Waals surface area contributed by atoms with Crippen LogP contribution in [0.4, 0.5) is 0 Å². The standard InChI is InChI=1S/C28H58O/c1-3-5-6-7-8-9-10-11-12-13-14-15-16-17-18-19-20-21-22-23-24-25-26-28-29-27-4-2/h3-28H2,1-2H3. The van der Waals surface area contributed by atoms with E-state index in [1.54, 1.807) is 0 Å². The van der Waals surface area contributed by atoms with Crippen LogP contribution in [0.25, 0.3) is 0 Å². The average Bonchev–Trinajstić information content (AvgIpc) is 2.74. The summed E-state index contributed by atoms with van der Waals surface area (Å²) in [5, 5.41) is 0. The molecule has 1 heteroatoms. The molecule has 0 N–H and O–H groups in total. The van der Waals surface area contributed by atoms with E-state index in [1.807, 2.05) is 0 Å². The van der Waals surface area contributed by atoms with Gasteiger partial charge in [0.2, 0.25) is 0 Å². The van der Waals surface area contributed by atoms with Gasteiger partial charge in [0.05, 0.1) is 0 Å².